The Morgan fingerprint density at radius 3 is 0.424 bits per heavy atom. The van der Waals surface area contributed by atoms with Crippen LogP contribution in [-0.4, -0.2) is 127 Å². The molecular formula is C95H125Cl10N5O10Zr5. The maximum atomic E-state index is 10.9. The molecule has 0 unspecified atom stereocenters. The van der Waals surface area contributed by atoms with Gasteiger partial charge in [0.2, 0.25) is 0 Å². The number of benzene rings is 5. The zero-order chi connectivity index (χ0) is 90.1. The van der Waals surface area contributed by atoms with Gasteiger partial charge in [-0.3, -0.25) is 25.0 Å². The summed E-state index contributed by atoms with van der Waals surface area (Å²) < 4.78 is 27.4. The number of aromatic hydroxyl groups is 5. The number of methoxy groups -OCH3 is 5. The summed E-state index contributed by atoms with van der Waals surface area (Å²) >= 11 is -4.13. The number of hydrogen-bond donors (Lipinski definition) is 5. The number of phenolic OH excluding ortho intramolecular Hbond substituents is 5. The van der Waals surface area contributed by atoms with Crippen LogP contribution in [-0.2, 0) is 131 Å². The minimum absolute atomic E-state index is 0.170. The molecule has 5 aromatic carbocycles. The van der Waals surface area contributed by atoms with Crippen LogP contribution >= 0.6 is 85.1 Å². The Morgan fingerprint density at radius 2 is 0.336 bits per heavy atom. The fourth-order valence-corrected chi connectivity index (χ4v) is 29.1. The first kappa shape index (κ1) is 105. The van der Waals surface area contributed by atoms with Gasteiger partial charge >= 0.3 is 189 Å². The predicted octanol–water partition coefficient (Wildman–Crippen LogP) is 26.5. The average molecular weight is 2310 g/mol. The van der Waals surface area contributed by atoms with Gasteiger partial charge in [-0.05, 0) is 369 Å². The van der Waals surface area contributed by atoms with Crippen LogP contribution in [0, 0.1) is 88.8 Å². The fraction of sp³-hybridized carbons (Fsp3) is 0.632. The summed E-state index contributed by atoms with van der Waals surface area (Å²) in [5.41, 5.74) is 10.3. The van der Waals surface area contributed by atoms with Crippen LogP contribution in [0.15, 0.2) is 85.6 Å². The van der Waals surface area contributed by atoms with Crippen LogP contribution in [0.5, 0.6) is 57.5 Å². The number of rotatable bonds is 15. The van der Waals surface area contributed by atoms with Crippen molar-refractivity contribution in [1.82, 2.24) is 0 Å². The second-order valence-corrected chi connectivity index (χ2v) is 57.5. The van der Waals surface area contributed by atoms with E-state index in [0.29, 0.717) is 28.7 Å². The van der Waals surface area contributed by atoms with E-state index in [1.165, 1.54) is 193 Å². The van der Waals surface area contributed by atoms with E-state index in [2.05, 4.69) is 55.3 Å². The van der Waals surface area contributed by atoms with Gasteiger partial charge in [-0.15, -0.1) is 0 Å². The first-order chi connectivity index (χ1) is 60.2. The Kier molecular flexibility index (Phi) is 41.4. The Labute approximate surface area is 836 Å². The molecule has 125 heavy (non-hydrogen) atoms. The Bertz CT molecular complexity index is 3720. The number of nitrogens with zero attached hydrogens (tertiary/aromatic N) is 5. The molecule has 25 rings (SSSR count). The number of aliphatic imine (C=N–C) groups is 5. The van der Waals surface area contributed by atoms with E-state index in [1.54, 1.807) is 102 Å². The second-order valence-electron chi connectivity index (χ2n) is 38.8. The summed E-state index contributed by atoms with van der Waals surface area (Å²) in [5.74, 6) is 19.2. The molecule has 20 fully saturated rings. The fourth-order valence-electron chi connectivity index (χ4n) is 29.1. The molecule has 0 amide bonds. The Hall–Kier alpha value is -0.234. The topological polar surface area (TPSA) is 209 Å². The summed E-state index contributed by atoms with van der Waals surface area (Å²) in [5, 5.41) is 54.3. The van der Waals surface area contributed by atoms with Crippen molar-refractivity contribution in [2.45, 2.75) is 220 Å². The van der Waals surface area contributed by atoms with Crippen molar-refractivity contribution in [3.8, 4) is 57.5 Å². The third kappa shape index (κ3) is 25.2. The first-order valence-corrected chi connectivity index (χ1v) is 75.9. The van der Waals surface area contributed by atoms with Crippen molar-refractivity contribution in [3.63, 3.8) is 0 Å². The molecule has 20 saturated carbocycles. The molecule has 20 aliphatic rings. The van der Waals surface area contributed by atoms with Gasteiger partial charge in [-0.2, -0.15) is 0 Å². The van der Waals surface area contributed by atoms with Gasteiger partial charge in [0, 0.05) is 122 Å². The summed E-state index contributed by atoms with van der Waals surface area (Å²) in [4.78, 5) is 20.4. The van der Waals surface area contributed by atoms with E-state index >= 15 is 0 Å². The molecule has 5 N–H and O–H groups in total. The van der Waals surface area contributed by atoms with E-state index in [0.717, 1.165) is 173 Å². The van der Waals surface area contributed by atoms with E-state index in [9.17, 15) is 25.5 Å². The molecule has 0 radical (unpaired) electrons. The van der Waals surface area contributed by atoms with Gasteiger partial charge in [0.15, 0.2) is 0 Å². The Morgan fingerprint density at radius 1 is 0.232 bits per heavy atom. The van der Waals surface area contributed by atoms with Gasteiger partial charge in [-0.1, -0.05) is 0 Å². The van der Waals surface area contributed by atoms with Crippen LogP contribution in [0.3, 0.4) is 0 Å². The average Bonchev–Trinajstić information content (AvgIpc) is 0.750. The van der Waals surface area contributed by atoms with Crippen LogP contribution in [0.4, 0.5) is 0 Å². The quantitative estimate of drug-likeness (QED) is 0.0626. The standard InChI is InChI=1S/5C19H25NO2.10ClH.5Zr/c5*1-20-11-15-6-16(22-2)7-17(18(15)21)19-8-12-3-13(9-19)5-14(4-12)10-19;;;;;;;;;;;;;;;/h5*6-7,11-14,21H,3-5,8-10H2,1-2H3;10*1H;;;;;/q;;;;;;;;;;;;;;;5*+2/p-10. The van der Waals surface area contributed by atoms with E-state index < -0.39 is 104 Å². The van der Waals surface area contributed by atoms with Crippen molar-refractivity contribution in [1.29, 1.82) is 0 Å². The molecule has 0 saturated heterocycles. The molecule has 0 heterocycles. The minimum atomic E-state index is -0.826. The van der Waals surface area contributed by atoms with E-state index in [1.807, 2.05) is 30.3 Å². The Balaban J connectivity index is 0.000000146. The van der Waals surface area contributed by atoms with Crippen molar-refractivity contribution < 1.29 is 153 Å². The van der Waals surface area contributed by atoms with Gasteiger partial charge in [0.25, 0.3) is 0 Å². The number of hydrogen-bond acceptors (Lipinski definition) is 15. The van der Waals surface area contributed by atoms with Crippen LogP contribution in [0.2, 0.25) is 0 Å². The third-order valence-corrected chi connectivity index (χ3v) is 31.1. The second kappa shape index (κ2) is 49.2. The molecule has 0 spiro atoms. The van der Waals surface area contributed by atoms with Crippen LogP contribution in [0.1, 0.15) is 248 Å². The normalized spacial score (nSPS) is 32.4. The third-order valence-electron chi connectivity index (χ3n) is 31.1. The molecule has 0 aromatic heterocycles. The molecule has 0 atom stereocenters. The van der Waals surface area contributed by atoms with Crippen molar-refractivity contribution in [2.75, 3.05) is 70.8 Å². The van der Waals surface area contributed by atoms with Crippen molar-refractivity contribution >= 4 is 116 Å². The summed E-state index contributed by atoms with van der Waals surface area (Å²) in [6.45, 7) is 0. The van der Waals surface area contributed by atoms with E-state index in [-0.39, 0.29) is 27.1 Å². The zero-order valence-corrected chi connectivity index (χ0v) is 93.7. The van der Waals surface area contributed by atoms with Crippen molar-refractivity contribution in [2.24, 2.45) is 114 Å². The molecule has 15 nitrogen and oxygen atoms in total. The predicted molar refractivity (Wildman–Crippen MR) is 499 cm³/mol. The summed E-state index contributed by atoms with van der Waals surface area (Å²) in [6, 6.07) is 19.8. The van der Waals surface area contributed by atoms with E-state index in [4.69, 9.17) is 109 Å². The first-order valence-electron chi connectivity index (χ1n) is 44.2. The zero-order valence-electron chi connectivity index (χ0n) is 73.8. The molecule has 680 valence electrons. The van der Waals surface area contributed by atoms with Gasteiger partial charge in [0.05, 0.1) is 35.5 Å². The van der Waals surface area contributed by atoms with Crippen LogP contribution in [0.25, 0.3) is 0 Å². The monoisotopic (exact) mass is 2300 g/mol. The molecule has 20 aliphatic carbocycles. The molecular weight excluding hydrogens is 2180 g/mol. The number of halogens is 10. The SMILES string of the molecule is CN=Cc1cc(OC)cc(C23CC4CC(CC(C4)C2)C3)c1O.CN=Cc1cc(OC)cc(C23CC4CC(CC(C4)C2)C3)c1O.CN=Cc1cc(OC)cc(C23CC4CC(CC(C4)C2)C3)c1O.CN=Cc1cc(OC)cc(C23CC4CC(CC(C4)C2)C3)c1O.CN=Cc1cc(OC)cc(C23CC4CC(CC(C4)C2)C3)c1O.[Cl][Zr][Cl].[Cl][Zr][Cl].[Cl][Zr][Cl].[Cl][Zr][Cl].[Cl][Zr][Cl]. The molecule has 0 aliphatic heterocycles. The van der Waals surface area contributed by atoms with Crippen molar-refractivity contribution in [3.05, 3.63) is 116 Å². The maximum absolute atomic E-state index is 10.9. The van der Waals surface area contributed by atoms with Gasteiger partial charge < -0.3 is 49.2 Å². The van der Waals surface area contributed by atoms with Crippen LogP contribution < -0.4 is 23.7 Å². The summed E-state index contributed by atoms with van der Waals surface area (Å²) in [6.07, 6.45) is 48.4. The summed E-state index contributed by atoms with van der Waals surface area (Å²) in [7, 11) is 66.5. The molecule has 20 bridgehead atoms. The number of ether oxygens (including phenoxy) is 5. The molecule has 30 heteroatoms. The number of phenols is 5. The van der Waals surface area contributed by atoms with Gasteiger partial charge in [-0.25, -0.2) is 0 Å². The van der Waals surface area contributed by atoms with Gasteiger partial charge in [0.1, 0.15) is 57.5 Å². The molecule has 5 aromatic rings.